The van der Waals surface area contributed by atoms with Gasteiger partial charge in [0, 0.05) is 49.5 Å². The van der Waals surface area contributed by atoms with E-state index in [1.165, 1.54) is 0 Å². The number of H-pyrrole nitrogens is 1. The molecule has 2 aliphatic rings. The molecule has 2 atom stereocenters. The van der Waals surface area contributed by atoms with Crippen molar-refractivity contribution in [3.8, 4) is 11.4 Å². The number of aryl methyl sites for hydroxylation is 1. The fraction of sp³-hybridized carbons (Fsp3) is 0.320. The monoisotopic (exact) mass is 492 g/mol. The summed E-state index contributed by atoms with van der Waals surface area (Å²) < 4.78 is 0. The Morgan fingerprint density at radius 3 is 2.57 bits per heavy atom. The molecule has 180 valence electrons. The zero-order chi connectivity index (χ0) is 24.7. The summed E-state index contributed by atoms with van der Waals surface area (Å²) in [5, 5.41) is 3.44. The molecule has 0 bridgehead atoms. The molecule has 0 radical (unpaired) electrons. The van der Waals surface area contributed by atoms with E-state index in [0.717, 1.165) is 5.69 Å². The topological polar surface area (TPSA) is 111 Å². The van der Waals surface area contributed by atoms with Crippen LogP contribution in [-0.2, 0) is 9.59 Å². The molecule has 1 unspecified atom stereocenters. The van der Waals surface area contributed by atoms with E-state index in [9.17, 15) is 14.4 Å². The second-order valence-corrected chi connectivity index (χ2v) is 9.29. The molecule has 2 N–H and O–H groups in total. The second kappa shape index (κ2) is 9.14. The average molecular weight is 493 g/mol. The first-order chi connectivity index (χ1) is 16.8. The minimum Gasteiger partial charge on any atom is -0.382 e. The van der Waals surface area contributed by atoms with E-state index in [0.29, 0.717) is 41.4 Å². The Kier molecular flexibility index (Phi) is 6.02. The number of hydrogen-bond donors (Lipinski definition) is 2. The van der Waals surface area contributed by atoms with Gasteiger partial charge in [0.2, 0.25) is 5.78 Å². The van der Waals surface area contributed by atoms with Crippen LogP contribution in [0.2, 0.25) is 5.15 Å². The predicted molar refractivity (Wildman–Crippen MR) is 131 cm³/mol. The molecule has 3 aromatic rings. The quantitative estimate of drug-likeness (QED) is 0.428. The van der Waals surface area contributed by atoms with Gasteiger partial charge in [-0.1, -0.05) is 29.8 Å². The number of pyridine rings is 1. The summed E-state index contributed by atoms with van der Waals surface area (Å²) in [5.41, 5.74) is 3.24. The lowest BCUT2D eigenvalue weighted by molar-refractivity contribution is -0.148. The summed E-state index contributed by atoms with van der Waals surface area (Å²) in [6, 6.07) is 10.4. The second-order valence-electron chi connectivity index (χ2n) is 8.91. The Morgan fingerprint density at radius 2 is 1.89 bits per heavy atom. The number of benzene rings is 1. The average Bonchev–Trinajstić information content (AvgIpc) is 3.49. The van der Waals surface area contributed by atoms with Crippen molar-refractivity contribution in [3.63, 3.8) is 0 Å². The molecule has 2 aromatic heterocycles. The van der Waals surface area contributed by atoms with Crippen LogP contribution in [0.3, 0.4) is 0 Å². The van der Waals surface area contributed by atoms with Gasteiger partial charge in [-0.05, 0) is 32.0 Å². The third-order valence-electron chi connectivity index (χ3n) is 6.51. The van der Waals surface area contributed by atoms with Crippen LogP contribution >= 0.6 is 11.6 Å². The molecule has 4 heterocycles. The molecule has 0 spiro atoms. The fourth-order valence-electron chi connectivity index (χ4n) is 4.72. The Labute approximate surface area is 207 Å². The van der Waals surface area contributed by atoms with E-state index in [4.69, 9.17) is 11.6 Å². The number of anilines is 1. The van der Waals surface area contributed by atoms with Crippen LogP contribution in [-0.4, -0.2) is 74.6 Å². The van der Waals surface area contributed by atoms with Gasteiger partial charge in [0.1, 0.15) is 11.0 Å². The number of aromatic nitrogens is 3. The number of aromatic amines is 1. The van der Waals surface area contributed by atoms with Crippen LogP contribution in [0.1, 0.15) is 34.6 Å². The zero-order valence-corrected chi connectivity index (χ0v) is 20.2. The van der Waals surface area contributed by atoms with E-state index in [-0.39, 0.29) is 30.2 Å². The molecule has 0 saturated carbocycles. The highest BCUT2D eigenvalue weighted by Gasteiger charge is 2.40. The number of carbonyl (C=O) groups excluding carboxylic acids is 3. The molecule has 9 nitrogen and oxygen atoms in total. The van der Waals surface area contributed by atoms with E-state index in [1.54, 1.807) is 34.2 Å². The van der Waals surface area contributed by atoms with Gasteiger partial charge in [-0.25, -0.2) is 9.97 Å². The number of nitrogens with zero attached hydrogens (tertiary/aromatic N) is 4. The number of rotatable bonds is 4. The molecule has 10 heteroatoms. The lowest BCUT2D eigenvalue weighted by Gasteiger charge is -2.39. The summed E-state index contributed by atoms with van der Waals surface area (Å²) in [6.45, 7) is 4.98. The van der Waals surface area contributed by atoms with Crippen molar-refractivity contribution in [2.75, 3.05) is 31.5 Å². The maximum atomic E-state index is 13.3. The van der Waals surface area contributed by atoms with Crippen LogP contribution in [0.4, 0.5) is 5.69 Å². The van der Waals surface area contributed by atoms with Gasteiger partial charge < -0.3 is 20.1 Å². The number of piperazine rings is 1. The number of ketones is 1. The lowest BCUT2D eigenvalue weighted by Crippen LogP contribution is -2.57. The van der Waals surface area contributed by atoms with Crippen molar-refractivity contribution < 1.29 is 14.4 Å². The lowest BCUT2D eigenvalue weighted by atomic mass is 9.98. The van der Waals surface area contributed by atoms with Gasteiger partial charge >= 0.3 is 0 Å². The van der Waals surface area contributed by atoms with E-state index < -0.39 is 17.6 Å². The number of halogens is 1. The summed E-state index contributed by atoms with van der Waals surface area (Å²) >= 11 is 6.28. The third kappa shape index (κ3) is 4.27. The number of Topliss-reactive ketones (excluding diaryl/α,β-unsaturated/α-hetero) is 1. The first-order valence-electron chi connectivity index (χ1n) is 11.5. The molecule has 0 aliphatic carbocycles. The summed E-state index contributed by atoms with van der Waals surface area (Å²) in [6.07, 6.45) is 1.78. The van der Waals surface area contributed by atoms with Crippen molar-refractivity contribution in [2.24, 2.45) is 0 Å². The molecule has 35 heavy (non-hydrogen) atoms. The Bertz CT molecular complexity index is 1310. The molecule has 2 aliphatic heterocycles. The standard InChI is InChI=1S/C25H25ClN6O3/c1-14-11-28-23(29-14)17-10-19(26)30-21-18(12-27-20(17)21)22(33)25(35)32-9-8-31(13-15(32)2)24(34)16-6-4-3-5-7-16/h3-7,10-11,15,18,27H,8-9,12-13H2,1-2H3,(H,28,29)/t15-,18?/m1/s1. The molecule has 1 aromatic carbocycles. The van der Waals surface area contributed by atoms with Gasteiger partial charge in [-0.15, -0.1) is 0 Å². The number of fused-ring (bicyclic) bond motifs is 1. The van der Waals surface area contributed by atoms with Crippen molar-refractivity contribution in [2.45, 2.75) is 25.8 Å². The molecule has 1 saturated heterocycles. The van der Waals surface area contributed by atoms with Crippen molar-refractivity contribution >= 4 is 34.9 Å². The van der Waals surface area contributed by atoms with E-state index in [2.05, 4.69) is 20.3 Å². The Balaban J connectivity index is 1.32. The van der Waals surface area contributed by atoms with E-state index >= 15 is 0 Å². The molecular formula is C25H25ClN6O3. The largest absolute Gasteiger partial charge is 0.382 e. The van der Waals surface area contributed by atoms with Gasteiger partial charge in [0.25, 0.3) is 11.8 Å². The minimum atomic E-state index is -0.748. The molecule has 2 amide bonds. The van der Waals surface area contributed by atoms with Crippen molar-refractivity contribution in [3.05, 3.63) is 64.7 Å². The van der Waals surface area contributed by atoms with Gasteiger partial charge in [0.15, 0.2) is 0 Å². The highest BCUT2D eigenvalue weighted by atomic mass is 35.5. The highest BCUT2D eigenvalue weighted by molar-refractivity contribution is 6.38. The Hall–Kier alpha value is -3.72. The SMILES string of the molecule is Cc1c[nH]c(-c2cc(Cl)nc3c2NCC3C(=O)C(=O)N2CCN(C(=O)c3ccccc3)C[C@H]2C)n1. The van der Waals surface area contributed by atoms with Crippen LogP contribution < -0.4 is 5.32 Å². The number of amides is 2. The van der Waals surface area contributed by atoms with E-state index in [1.807, 2.05) is 32.0 Å². The molecule has 1 fully saturated rings. The predicted octanol–water partition coefficient (Wildman–Crippen LogP) is 2.88. The van der Waals surface area contributed by atoms with Crippen LogP contribution in [0.5, 0.6) is 0 Å². The van der Waals surface area contributed by atoms with Crippen LogP contribution in [0.25, 0.3) is 11.4 Å². The maximum Gasteiger partial charge on any atom is 0.291 e. The van der Waals surface area contributed by atoms with Crippen LogP contribution in [0.15, 0.2) is 42.6 Å². The number of imidazole rings is 1. The first-order valence-corrected chi connectivity index (χ1v) is 11.9. The minimum absolute atomic E-state index is 0.0793. The molecular weight excluding hydrogens is 468 g/mol. The van der Waals surface area contributed by atoms with Crippen molar-refractivity contribution in [1.29, 1.82) is 0 Å². The zero-order valence-electron chi connectivity index (χ0n) is 19.4. The third-order valence-corrected chi connectivity index (χ3v) is 6.71. The highest BCUT2D eigenvalue weighted by Crippen LogP contribution is 2.39. The van der Waals surface area contributed by atoms with Crippen molar-refractivity contribution in [1.82, 2.24) is 24.8 Å². The first kappa shape index (κ1) is 23.0. The van der Waals surface area contributed by atoms with Gasteiger partial charge in [-0.2, -0.15) is 0 Å². The number of nitrogens with one attached hydrogen (secondary N) is 2. The van der Waals surface area contributed by atoms with Crippen LogP contribution in [0, 0.1) is 6.92 Å². The normalized spacial score (nSPS) is 19.3. The summed E-state index contributed by atoms with van der Waals surface area (Å²) in [7, 11) is 0. The smallest absolute Gasteiger partial charge is 0.291 e. The fourth-order valence-corrected chi connectivity index (χ4v) is 4.92. The number of carbonyl (C=O) groups is 3. The van der Waals surface area contributed by atoms with Gasteiger partial charge in [0.05, 0.1) is 23.0 Å². The summed E-state index contributed by atoms with van der Waals surface area (Å²) in [5.74, 6) is -1.32. The summed E-state index contributed by atoms with van der Waals surface area (Å²) in [4.78, 5) is 54.6. The maximum absolute atomic E-state index is 13.3. The van der Waals surface area contributed by atoms with Gasteiger partial charge in [-0.3, -0.25) is 14.4 Å². The molecule has 5 rings (SSSR count). The number of hydrogen-bond acceptors (Lipinski definition) is 6. The Morgan fingerprint density at radius 1 is 1.11 bits per heavy atom.